The lowest BCUT2D eigenvalue weighted by molar-refractivity contribution is -0.146. The molecule has 0 atom stereocenters. The summed E-state index contributed by atoms with van der Waals surface area (Å²) in [7, 11) is 0. The van der Waals surface area contributed by atoms with E-state index in [-0.39, 0.29) is 49.3 Å². The fourth-order valence-corrected chi connectivity index (χ4v) is 6.11. The van der Waals surface area contributed by atoms with Crippen molar-refractivity contribution in [3.63, 3.8) is 0 Å². The Morgan fingerprint density at radius 1 is 0.769 bits per heavy atom. The van der Waals surface area contributed by atoms with Crippen LogP contribution in [0.25, 0.3) is 11.1 Å². The summed E-state index contributed by atoms with van der Waals surface area (Å²) < 4.78 is 39.0. The summed E-state index contributed by atoms with van der Waals surface area (Å²) in [5.41, 5.74) is -0.0397. The molecule has 4 N–H and O–H groups in total. The van der Waals surface area contributed by atoms with E-state index >= 15 is 4.39 Å². The first kappa shape index (κ1) is 42.7. The fourth-order valence-electron chi connectivity index (χ4n) is 6.11. The number of hydrogen-bond donors (Lipinski definition) is 4. The molecule has 0 unspecified atom stereocenters. The van der Waals surface area contributed by atoms with Crippen molar-refractivity contribution in [2.45, 2.75) is 78.1 Å². The lowest BCUT2D eigenvalue weighted by atomic mass is 9.77. The first-order valence-corrected chi connectivity index (χ1v) is 18.3. The van der Waals surface area contributed by atoms with Gasteiger partial charge < -0.3 is 39.4 Å². The smallest absolute Gasteiger partial charge is 0.333 e. The molecule has 0 saturated heterocycles. The highest BCUT2D eigenvalue weighted by atomic mass is 19.1. The van der Waals surface area contributed by atoms with Crippen LogP contribution in [0.3, 0.4) is 0 Å². The largest absolute Gasteiger partial charge is 0.493 e. The SMILES string of the molecule is C=C(C)C(=C)OCC(CO)(CO)COc1ccc(-c2ccc(C3CCC(CCCCC)CC3)cc2F)cc1OCC(CO)(CO)COC(=O)C(=C)C. The second-order valence-corrected chi connectivity index (χ2v) is 14.7. The molecule has 0 aromatic heterocycles. The number of esters is 1. The van der Waals surface area contributed by atoms with Crippen LogP contribution in [0.15, 0.2) is 73.0 Å². The minimum absolute atomic E-state index is 0.121. The van der Waals surface area contributed by atoms with E-state index in [1.165, 1.54) is 32.6 Å². The molecule has 10 heteroatoms. The average molecular weight is 727 g/mol. The Hall–Kier alpha value is -3.70. The molecule has 288 valence electrons. The third-order valence-corrected chi connectivity index (χ3v) is 10.1. The molecule has 0 amide bonds. The molecule has 1 fully saturated rings. The summed E-state index contributed by atoms with van der Waals surface area (Å²) in [6, 6.07) is 10.2. The van der Waals surface area contributed by atoms with Gasteiger partial charge in [0.2, 0.25) is 0 Å². The van der Waals surface area contributed by atoms with Gasteiger partial charge in [-0.15, -0.1) is 0 Å². The molecular formula is C42H59FO9. The van der Waals surface area contributed by atoms with Crippen molar-refractivity contribution >= 4 is 5.97 Å². The van der Waals surface area contributed by atoms with E-state index in [1.807, 2.05) is 6.07 Å². The van der Waals surface area contributed by atoms with Gasteiger partial charge >= 0.3 is 5.97 Å². The van der Waals surface area contributed by atoms with Gasteiger partial charge in [0.15, 0.2) is 11.5 Å². The van der Waals surface area contributed by atoms with E-state index < -0.39 is 43.2 Å². The summed E-state index contributed by atoms with van der Waals surface area (Å²) in [6.07, 6.45) is 9.47. The van der Waals surface area contributed by atoms with Gasteiger partial charge in [-0.3, -0.25) is 0 Å². The zero-order valence-corrected chi connectivity index (χ0v) is 31.3. The zero-order chi connectivity index (χ0) is 38.3. The minimum atomic E-state index is -1.39. The normalized spacial score (nSPS) is 16.2. The average Bonchev–Trinajstić information content (AvgIpc) is 3.15. The molecule has 1 saturated carbocycles. The van der Waals surface area contributed by atoms with Crippen LogP contribution in [0, 0.1) is 22.6 Å². The topological polar surface area (TPSA) is 135 Å². The Balaban J connectivity index is 1.89. The van der Waals surface area contributed by atoms with Crippen LogP contribution in [-0.2, 0) is 14.3 Å². The molecule has 52 heavy (non-hydrogen) atoms. The van der Waals surface area contributed by atoms with Crippen LogP contribution in [0.2, 0.25) is 0 Å². The van der Waals surface area contributed by atoms with Gasteiger partial charge in [-0.2, -0.15) is 0 Å². The van der Waals surface area contributed by atoms with Gasteiger partial charge in [0.05, 0.1) is 37.3 Å². The number of ether oxygens (including phenoxy) is 4. The van der Waals surface area contributed by atoms with Crippen LogP contribution in [0.5, 0.6) is 11.5 Å². The lowest BCUT2D eigenvalue weighted by Gasteiger charge is -2.31. The minimum Gasteiger partial charge on any atom is -0.493 e. The molecule has 0 heterocycles. The van der Waals surface area contributed by atoms with E-state index in [0.717, 1.165) is 37.2 Å². The van der Waals surface area contributed by atoms with E-state index in [2.05, 4.69) is 26.7 Å². The number of unbranched alkanes of at least 4 members (excludes halogenated alkanes) is 2. The molecule has 2 aromatic carbocycles. The highest BCUT2D eigenvalue weighted by molar-refractivity contribution is 5.86. The molecule has 1 aliphatic rings. The molecule has 2 aromatic rings. The summed E-state index contributed by atoms with van der Waals surface area (Å²) in [6.45, 7) is 13.5. The van der Waals surface area contributed by atoms with Crippen LogP contribution in [0.1, 0.15) is 83.6 Å². The van der Waals surface area contributed by atoms with Gasteiger partial charge in [0.25, 0.3) is 0 Å². The van der Waals surface area contributed by atoms with E-state index in [1.54, 1.807) is 37.3 Å². The zero-order valence-electron chi connectivity index (χ0n) is 31.3. The van der Waals surface area contributed by atoms with Gasteiger partial charge in [-0.05, 0) is 86.3 Å². The third-order valence-electron chi connectivity index (χ3n) is 10.1. The first-order valence-electron chi connectivity index (χ1n) is 18.3. The number of halogens is 1. The Kier molecular flexibility index (Phi) is 16.9. The lowest BCUT2D eigenvalue weighted by Crippen LogP contribution is -2.42. The predicted molar refractivity (Wildman–Crippen MR) is 201 cm³/mol. The molecule has 0 aliphatic heterocycles. The highest BCUT2D eigenvalue weighted by Crippen LogP contribution is 2.40. The molecule has 0 radical (unpaired) electrons. The fraction of sp³-hybridized carbons (Fsp3) is 0.548. The van der Waals surface area contributed by atoms with Crippen molar-refractivity contribution in [3.05, 3.63) is 84.4 Å². The number of rotatable bonds is 23. The molecule has 3 rings (SSSR count). The van der Waals surface area contributed by atoms with E-state index in [9.17, 15) is 25.2 Å². The van der Waals surface area contributed by atoms with Crippen LogP contribution in [-0.4, -0.2) is 79.3 Å². The quantitative estimate of drug-likeness (QED) is 0.0307. The summed E-state index contributed by atoms with van der Waals surface area (Å²) in [5, 5.41) is 41.0. The van der Waals surface area contributed by atoms with Crippen molar-refractivity contribution < 1.29 is 48.6 Å². The Morgan fingerprint density at radius 2 is 1.37 bits per heavy atom. The van der Waals surface area contributed by atoms with Crippen molar-refractivity contribution in [1.29, 1.82) is 0 Å². The maximum atomic E-state index is 15.9. The second-order valence-electron chi connectivity index (χ2n) is 14.7. The van der Waals surface area contributed by atoms with E-state index in [4.69, 9.17) is 18.9 Å². The number of allylic oxidation sites excluding steroid dienone is 1. The first-order chi connectivity index (χ1) is 24.8. The number of carbonyl (C=O) groups is 1. The summed E-state index contributed by atoms with van der Waals surface area (Å²) >= 11 is 0. The van der Waals surface area contributed by atoms with E-state index in [0.29, 0.717) is 28.4 Å². The van der Waals surface area contributed by atoms with Gasteiger partial charge in [0, 0.05) is 11.1 Å². The standard InChI is InChI=1S/C42H59FO9/c1-7-8-9-10-32-11-13-33(14-12-32)34-15-17-36(37(43)19-34)35-16-18-38(50-26-41(21-44,22-45)25-49-31(6)29(2)3)39(20-35)51-27-42(23-46,24-47)28-52-40(48)30(4)5/h15-20,32-33,44-47H,2,4,6-14,21-28H2,1,3,5H3. The molecule has 0 spiro atoms. The van der Waals surface area contributed by atoms with Gasteiger partial charge in [0.1, 0.15) is 38.0 Å². The highest BCUT2D eigenvalue weighted by Gasteiger charge is 2.34. The molecular weight excluding hydrogens is 667 g/mol. The maximum absolute atomic E-state index is 15.9. The Labute approximate surface area is 308 Å². The van der Waals surface area contributed by atoms with Crippen LogP contribution in [0.4, 0.5) is 4.39 Å². The number of aliphatic hydroxyl groups excluding tert-OH is 4. The van der Waals surface area contributed by atoms with Crippen molar-refractivity contribution in [2.24, 2.45) is 16.7 Å². The van der Waals surface area contributed by atoms with Crippen molar-refractivity contribution in [2.75, 3.05) is 52.9 Å². The maximum Gasteiger partial charge on any atom is 0.333 e. The number of aliphatic hydroxyl groups is 4. The monoisotopic (exact) mass is 726 g/mol. The molecule has 0 bridgehead atoms. The summed E-state index contributed by atoms with van der Waals surface area (Å²) in [5.74, 6) is 0.643. The Bertz CT molecular complexity index is 1490. The number of benzene rings is 2. The number of carbonyl (C=O) groups excluding carboxylic acids is 1. The van der Waals surface area contributed by atoms with Gasteiger partial charge in [-0.25, -0.2) is 9.18 Å². The van der Waals surface area contributed by atoms with Gasteiger partial charge in [-0.1, -0.05) is 70.5 Å². The second kappa shape index (κ2) is 20.5. The Morgan fingerprint density at radius 3 is 1.90 bits per heavy atom. The van der Waals surface area contributed by atoms with Crippen molar-refractivity contribution in [3.8, 4) is 22.6 Å². The third kappa shape index (κ3) is 11.9. The number of hydrogen-bond acceptors (Lipinski definition) is 9. The molecule has 1 aliphatic carbocycles. The van der Waals surface area contributed by atoms with Crippen LogP contribution < -0.4 is 9.47 Å². The predicted octanol–water partition coefficient (Wildman–Crippen LogP) is 7.27. The summed E-state index contributed by atoms with van der Waals surface area (Å²) in [4.78, 5) is 12.1. The molecule has 9 nitrogen and oxygen atoms in total. The van der Waals surface area contributed by atoms with Crippen LogP contribution >= 0.6 is 0 Å². The van der Waals surface area contributed by atoms with Crippen molar-refractivity contribution in [1.82, 2.24) is 0 Å².